The van der Waals surface area contributed by atoms with Crippen molar-refractivity contribution in [3.63, 3.8) is 0 Å². The Bertz CT molecular complexity index is 2650. The normalized spacial score (nSPS) is 15.9. The fourth-order valence-corrected chi connectivity index (χ4v) is 9.10. The number of hydrogen-bond acceptors (Lipinski definition) is 8. The van der Waals surface area contributed by atoms with Gasteiger partial charge in [0.05, 0.1) is 38.7 Å². The zero-order chi connectivity index (χ0) is 33.2. The number of benzene rings is 4. The van der Waals surface area contributed by atoms with Crippen molar-refractivity contribution in [1.82, 2.24) is 8.54 Å². The number of nitro groups is 1. The van der Waals surface area contributed by atoms with E-state index in [-0.39, 0.29) is 16.1 Å². The molecule has 0 fully saturated rings. The molecule has 1 aliphatic heterocycles. The molecule has 0 N–H and O–H groups in total. The summed E-state index contributed by atoms with van der Waals surface area (Å²) in [5.41, 5.74) is 5.31. The molecule has 48 heavy (non-hydrogen) atoms. The van der Waals surface area contributed by atoms with Crippen LogP contribution in [0.2, 0.25) is 0 Å². The van der Waals surface area contributed by atoms with Crippen LogP contribution in [0.25, 0.3) is 22.7 Å². The number of aromatic nitrogens is 2. The first-order valence-corrected chi connectivity index (χ1v) is 17.4. The number of methoxy groups -OCH3 is 1. The molecule has 0 spiro atoms. The van der Waals surface area contributed by atoms with Crippen molar-refractivity contribution in [2.45, 2.75) is 23.8 Å². The molecule has 238 valence electrons. The first-order valence-electron chi connectivity index (χ1n) is 15.1. The summed E-state index contributed by atoms with van der Waals surface area (Å²) in [7, 11) is -2.61. The molecule has 1 atom stereocenters. The zero-order valence-corrected chi connectivity index (χ0v) is 27.1. The van der Waals surface area contributed by atoms with Crippen molar-refractivity contribution in [3.05, 3.63) is 161 Å². The molecule has 12 heteroatoms. The quantitative estimate of drug-likeness (QED) is 0.172. The van der Waals surface area contributed by atoms with Crippen molar-refractivity contribution in [2.24, 2.45) is 4.99 Å². The number of fused-ring (bicyclic) bond motifs is 4. The molecule has 0 saturated heterocycles. The molecule has 0 bridgehead atoms. The van der Waals surface area contributed by atoms with E-state index in [1.165, 1.54) is 41.3 Å². The maximum absolute atomic E-state index is 14.4. The van der Waals surface area contributed by atoms with Gasteiger partial charge in [-0.25, -0.2) is 17.4 Å². The summed E-state index contributed by atoms with van der Waals surface area (Å²) in [5.74, 6) is 0.666. The number of allylic oxidation sites excluding steroid dienone is 1. The molecule has 8 rings (SSSR count). The Morgan fingerprint density at radius 1 is 0.979 bits per heavy atom. The number of thiazole rings is 1. The van der Waals surface area contributed by atoms with E-state index in [9.17, 15) is 23.3 Å². The van der Waals surface area contributed by atoms with Crippen molar-refractivity contribution in [2.75, 3.05) is 7.11 Å². The van der Waals surface area contributed by atoms with Gasteiger partial charge in [-0.3, -0.25) is 19.5 Å². The Labute approximate surface area is 278 Å². The average molecular weight is 675 g/mol. The number of non-ortho nitro benzene ring substituents is 1. The van der Waals surface area contributed by atoms with Gasteiger partial charge in [0, 0.05) is 40.4 Å². The Kier molecular flexibility index (Phi) is 7.00. The van der Waals surface area contributed by atoms with Crippen LogP contribution in [0.3, 0.4) is 0 Å². The minimum absolute atomic E-state index is 0.217. The monoisotopic (exact) mass is 674 g/mol. The van der Waals surface area contributed by atoms with Gasteiger partial charge < -0.3 is 4.74 Å². The Hall–Kier alpha value is -5.59. The van der Waals surface area contributed by atoms with Crippen molar-refractivity contribution < 1.29 is 18.1 Å². The minimum Gasteiger partial charge on any atom is -0.496 e. The van der Waals surface area contributed by atoms with Crippen LogP contribution in [0.4, 0.5) is 5.69 Å². The first kappa shape index (κ1) is 29.8. The topological polar surface area (TPSA) is 126 Å². The van der Waals surface area contributed by atoms with Crippen LogP contribution in [-0.2, 0) is 16.4 Å². The Balaban J connectivity index is 1.35. The second kappa shape index (κ2) is 11.3. The van der Waals surface area contributed by atoms with Gasteiger partial charge >= 0.3 is 0 Å². The molecule has 3 heterocycles. The fraction of sp³-hybridized carbons (Fsp3) is 0.111. The van der Waals surface area contributed by atoms with Gasteiger partial charge in [-0.2, -0.15) is 0 Å². The van der Waals surface area contributed by atoms with Crippen LogP contribution >= 0.6 is 11.3 Å². The number of nitro benzene ring substituents is 1. The van der Waals surface area contributed by atoms with Crippen LogP contribution in [-0.4, -0.2) is 29.0 Å². The lowest BCUT2D eigenvalue weighted by molar-refractivity contribution is -0.385. The lowest BCUT2D eigenvalue weighted by atomic mass is 9.83. The van der Waals surface area contributed by atoms with Crippen LogP contribution in [0.15, 0.2) is 124 Å². The van der Waals surface area contributed by atoms with E-state index in [4.69, 9.17) is 9.73 Å². The highest BCUT2D eigenvalue weighted by Gasteiger charge is 2.34. The van der Waals surface area contributed by atoms with Gasteiger partial charge in [0.1, 0.15) is 5.75 Å². The first-order chi connectivity index (χ1) is 23.3. The number of aryl methyl sites for hydroxylation is 1. The molecule has 0 unspecified atom stereocenters. The van der Waals surface area contributed by atoms with Crippen LogP contribution in [0, 0.1) is 10.1 Å². The van der Waals surface area contributed by atoms with Crippen molar-refractivity contribution >= 4 is 49.7 Å². The standard InChI is InChI=1S/C36H26N4O6S2/c1-46-31-16-7-5-14-28(31)34-29-18-17-22-9-2-3-13-27(22)33(29)37-36-39(34)35(41)32(47-36)19-23-21-38(30-15-6-4-12-26(23)30)48(44,45)25-11-8-10-24(20-25)40(42)43/h2-16,19-21,34H,17-18H2,1H3/b32-19+/t34-/m0/s1. The molecule has 6 aromatic rings. The van der Waals surface area contributed by atoms with Crippen LogP contribution in [0.1, 0.15) is 34.7 Å². The summed E-state index contributed by atoms with van der Waals surface area (Å²) in [6.45, 7) is 0. The number of hydrogen-bond donors (Lipinski definition) is 0. The highest BCUT2D eigenvalue weighted by molar-refractivity contribution is 7.90. The van der Waals surface area contributed by atoms with Gasteiger partial charge in [-0.05, 0) is 48.3 Å². The van der Waals surface area contributed by atoms with E-state index >= 15 is 0 Å². The molecular formula is C36H26N4O6S2. The maximum Gasteiger partial charge on any atom is 0.271 e. The minimum atomic E-state index is -4.23. The second-order valence-corrected chi connectivity index (χ2v) is 14.3. The number of ether oxygens (including phenoxy) is 1. The van der Waals surface area contributed by atoms with E-state index in [2.05, 4.69) is 12.1 Å². The largest absolute Gasteiger partial charge is 0.496 e. The SMILES string of the molecule is COc1ccccc1[C@H]1C2=C(N=c3s/c(=C/c4cn(S(=O)(=O)c5cccc([N+](=O)[O-])c5)c5ccccc45)c(=O)n31)c1ccccc1CC2. The third kappa shape index (κ3) is 4.63. The molecule has 4 aromatic carbocycles. The molecule has 0 radical (unpaired) electrons. The van der Waals surface area contributed by atoms with Crippen molar-refractivity contribution in [1.29, 1.82) is 0 Å². The predicted octanol–water partition coefficient (Wildman–Crippen LogP) is 5.43. The third-order valence-electron chi connectivity index (χ3n) is 8.89. The average Bonchev–Trinajstić information content (AvgIpc) is 3.64. The summed E-state index contributed by atoms with van der Waals surface area (Å²) in [6.07, 6.45) is 4.70. The predicted molar refractivity (Wildman–Crippen MR) is 183 cm³/mol. The summed E-state index contributed by atoms with van der Waals surface area (Å²) < 4.78 is 36.7. The molecule has 0 saturated carbocycles. The van der Waals surface area contributed by atoms with Crippen LogP contribution in [0.5, 0.6) is 5.75 Å². The molecule has 2 aliphatic rings. The highest BCUT2D eigenvalue weighted by atomic mass is 32.2. The third-order valence-corrected chi connectivity index (χ3v) is 11.5. The molecule has 2 aromatic heterocycles. The number of para-hydroxylation sites is 2. The highest BCUT2D eigenvalue weighted by Crippen LogP contribution is 2.43. The maximum atomic E-state index is 14.4. The number of rotatable bonds is 6. The van der Waals surface area contributed by atoms with Gasteiger partial charge in [0.2, 0.25) is 0 Å². The zero-order valence-electron chi connectivity index (χ0n) is 25.4. The van der Waals surface area contributed by atoms with Gasteiger partial charge in [-0.15, -0.1) is 0 Å². The Morgan fingerprint density at radius 3 is 2.58 bits per heavy atom. The summed E-state index contributed by atoms with van der Waals surface area (Å²) in [4.78, 5) is 30.6. The number of nitrogens with zero attached hydrogens (tertiary/aromatic N) is 4. The smallest absolute Gasteiger partial charge is 0.271 e. The van der Waals surface area contributed by atoms with E-state index in [1.54, 1.807) is 42.0 Å². The van der Waals surface area contributed by atoms with Gasteiger partial charge in [0.15, 0.2) is 4.80 Å². The molecular weight excluding hydrogens is 649 g/mol. The summed E-state index contributed by atoms with van der Waals surface area (Å²) in [5, 5.41) is 12.0. The van der Waals surface area contributed by atoms with Crippen LogP contribution < -0.4 is 19.6 Å². The van der Waals surface area contributed by atoms with E-state index in [0.29, 0.717) is 31.5 Å². The molecule has 0 amide bonds. The van der Waals surface area contributed by atoms with E-state index < -0.39 is 21.0 Å². The fourth-order valence-electron chi connectivity index (χ4n) is 6.69. The Morgan fingerprint density at radius 2 is 1.75 bits per heavy atom. The lowest BCUT2D eigenvalue weighted by Crippen LogP contribution is -2.38. The molecule has 1 aliphatic carbocycles. The summed E-state index contributed by atoms with van der Waals surface area (Å²) >= 11 is 1.25. The lowest BCUT2D eigenvalue weighted by Gasteiger charge is -2.31. The van der Waals surface area contributed by atoms with Gasteiger partial charge in [-0.1, -0.05) is 78.1 Å². The van der Waals surface area contributed by atoms with E-state index in [1.807, 2.05) is 36.4 Å². The van der Waals surface area contributed by atoms with Gasteiger partial charge in [0.25, 0.3) is 21.3 Å². The second-order valence-electron chi connectivity index (χ2n) is 11.5. The summed E-state index contributed by atoms with van der Waals surface area (Å²) in [6, 6.07) is 27.3. The van der Waals surface area contributed by atoms with Crippen molar-refractivity contribution in [3.8, 4) is 5.75 Å². The molecule has 10 nitrogen and oxygen atoms in total. The van der Waals surface area contributed by atoms with E-state index in [0.717, 1.165) is 45.3 Å².